The number of hydrogen-bond acceptors (Lipinski definition) is 5. The van der Waals surface area contributed by atoms with Gasteiger partial charge in [-0.2, -0.15) is 4.98 Å². The first-order valence-electron chi connectivity index (χ1n) is 5.25. The molecule has 2 aromatic rings. The van der Waals surface area contributed by atoms with Gasteiger partial charge in [-0.05, 0) is 29.5 Å². The Kier molecular flexibility index (Phi) is 4.23. The fourth-order valence-electron chi connectivity index (χ4n) is 1.40. The number of rotatable bonds is 3. The van der Waals surface area contributed by atoms with E-state index in [-0.39, 0.29) is 6.61 Å². The van der Waals surface area contributed by atoms with Crippen LogP contribution in [0.3, 0.4) is 0 Å². The summed E-state index contributed by atoms with van der Waals surface area (Å²) >= 11 is 4.54. The quantitative estimate of drug-likeness (QED) is 0.807. The fourth-order valence-corrected chi connectivity index (χ4v) is 2.87. The number of nitrogens with zero attached hydrogens (tertiary/aromatic N) is 2. The van der Waals surface area contributed by atoms with Crippen LogP contribution < -0.4 is 11.1 Å². The number of H-pyrrole nitrogens is 1. The van der Waals surface area contributed by atoms with E-state index >= 15 is 0 Å². The predicted octanol–water partition coefficient (Wildman–Crippen LogP) is 0.875. The van der Waals surface area contributed by atoms with Gasteiger partial charge in [0.2, 0.25) is 0 Å². The Morgan fingerprint density at radius 2 is 2.21 bits per heavy atom. The van der Waals surface area contributed by atoms with Crippen molar-refractivity contribution in [3.63, 3.8) is 0 Å². The van der Waals surface area contributed by atoms with Gasteiger partial charge < -0.3 is 5.11 Å². The lowest BCUT2D eigenvalue weighted by Gasteiger charge is -2.09. The van der Waals surface area contributed by atoms with Crippen LogP contribution in [0.2, 0.25) is 0 Å². The summed E-state index contributed by atoms with van der Waals surface area (Å²) < 4.78 is 2.22. The lowest BCUT2D eigenvalue weighted by Crippen LogP contribution is -2.33. The maximum atomic E-state index is 11.3. The SMILES string of the molecule is Cn1[nH]c(=O)c(=O)nc1Sc1cc(Br)ccc1CO. The number of aromatic amines is 1. The molecule has 0 saturated carbocycles. The summed E-state index contributed by atoms with van der Waals surface area (Å²) in [5.74, 6) is 0. The van der Waals surface area contributed by atoms with E-state index in [0.29, 0.717) is 10.7 Å². The van der Waals surface area contributed by atoms with E-state index in [9.17, 15) is 14.7 Å². The van der Waals surface area contributed by atoms with Crippen LogP contribution in [0.5, 0.6) is 0 Å². The second-order valence-electron chi connectivity index (χ2n) is 3.71. The molecular formula is C11H10BrN3O3S. The molecule has 0 radical (unpaired) electrons. The van der Waals surface area contributed by atoms with Crippen LogP contribution in [0.1, 0.15) is 5.56 Å². The molecule has 0 aliphatic carbocycles. The van der Waals surface area contributed by atoms with Gasteiger partial charge in [-0.3, -0.25) is 19.4 Å². The molecule has 0 fully saturated rings. The minimum atomic E-state index is -0.832. The molecular weight excluding hydrogens is 334 g/mol. The minimum absolute atomic E-state index is 0.118. The van der Waals surface area contributed by atoms with Gasteiger partial charge in [0.05, 0.1) is 6.61 Å². The maximum Gasteiger partial charge on any atom is 0.339 e. The lowest BCUT2D eigenvalue weighted by atomic mass is 10.2. The zero-order chi connectivity index (χ0) is 14.0. The Morgan fingerprint density at radius 3 is 2.89 bits per heavy atom. The smallest absolute Gasteiger partial charge is 0.339 e. The molecule has 100 valence electrons. The van der Waals surface area contributed by atoms with Crippen LogP contribution in [0.25, 0.3) is 0 Å². The predicted molar refractivity (Wildman–Crippen MR) is 74.3 cm³/mol. The van der Waals surface area contributed by atoms with Crippen molar-refractivity contribution in [2.75, 3.05) is 0 Å². The van der Waals surface area contributed by atoms with Gasteiger partial charge in [0.15, 0.2) is 5.16 Å². The molecule has 1 aromatic heterocycles. The summed E-state index contributed by atoms with van der Waals surface area (Å²) in [5.41, 5.74) is -0.877. The van der Waals surface area contributed by atoms with Crippen molar-refractivity contribution in [3.8, 4) is 0 Å². The Labute approximate surface area is 120 Å². The molecule has 6 nitrogen and oxygen atoms in total. The van der Waals surface area contributed by atoms with Gasteiger partial charge in [0.25, 0.3) is 0 Å². The molecule has 1 aromatic carbocycles. The normalized spacial score (nSPS) is 10.7. The highest BCUT2D eigenvalue weighted by Gasteiger charge is 2.09. The molecule has 0 saturated heterocycles. The molecule has 19 heavy (non-hydrogen) atoms. The number of aliphatic hydroxyl groups is 1. The molecule has 0 unspecified atom stereocenters. The van der Waals surface area contributed by atoms with Crippen molar-refractivity contribution >= 4 is 27.7 Å². The van der Waals surface area contributed by atoms with Crippen LogP contribution in [0.4, 0.5) is 0 Å². The number of aryl methyl sites for hydroxylation is 1. The zero-order valence-electron chi connectivity index (χ0n) is 9.88. The van der Waals surface area contributed by atoms with Crippen LogP contribution in [0.15, 0.2) is 42.3 Å². The third-order valence-electron chi connectivity index (χ3n) is 2.35. The van der Waals surface area contributed by atoms with Gasteiger partial charge in [0, 0.05) is 16.4 Å². The molecule has 0 atom stereocenters. The number of benzene rings is 1. The lowest BCUT2D eigenvalue weighted by molar-refractivity contribution is 0.279. The second kappa shape index (κ2) is 5.72. The molecule has 1 heterocycles. The first-order valence-corrected chi connectivity index (χ1v) is 6.86. The van der Waals surface area contributed by atoms with E-state index < -0.39 is 11.1 Å². The summed E-state index contributed by atoms with van der Waals surface area (Å²) in [6.07, 6.45) is 0. The number of nitrogens with one attached hydrogen (secondary N) is 1. The molecule has 0 aliphatic heterocycles. The van der Waals surface area contributed by atoms with E-state index in [1.807, 2.05) is 12.1 Å². The van der Waals surface area contributed by atoms with E-state index in [2.05, 4.69) is 26.0 Å². The standard InChI is InChI=1S/C11H10BrN3O3S/c1-15-11(13-9(17)10(18)14-15)19-8-4-7(12)3-2-6(8)5-16/h2-4,16H,5H2,1H3,(H,14,18). The van der Waals surface area contributed by atoms with Gasteiger partial charge in [-0.15, -0.1) is 0 Å². The third-order valence-corrected chi connectivity index (χ3v) is 3.99. The Morgan fingerprint density at radius 1 is 1.47 bits per heavy atom. The summed E-state index contributed by atoms with van der Waals surface area (Å²) in [4.78, 5) is 26.8. The molecule has 2 rings (SSSR count). The van der Waals surface area contributed by atoms with Gasteiger partial charge in [0.1, 0.15) is 0 Å². The van der Waals surface area contributed by atoms with Crippen LogP contribution in [0, 0.1) is 0 Å². The molecule has 0 spiro atoms. The average Bonchev–Trinajstić information content (AvgIpc) is 2.36. The van der Waals surface area contributed by atoms with E-state index in [0.717, 1.165) is 9.37 Å². The van der Waals surface area contributed by atoms with Gasteiger partial charge in [-0.1, -0.05) is 22.0 Å². The monoisotopic (exact) mass is 343 g/mol. The second-order valence-corrected chi connectivity index (χ2v) is 5.64. The topological polar surface area (TPSA) is 88.0 Å². The first kappa shape index (κ1) is 14.0. The third kappa shape index (κ3) is 3.14. The van der Waals surface area contributed by atoms with Crippen molar-refractivity contribution in [3.05, 3.63) is 48.9 Å². The Bertz CT molecular complexity index is 726. The Hall–Kier alpha value is -1.38. The number of aliphatic hydroxyl groups excluding tert-OH is 1. The molecule has 0 amide bonds. The van der Waals surface area contributed by atoms with Crippen molar-refractivity contribution in [2.45, 2.75) is 16.7 Å². The number of halogens is 1. The number of hydrogen-bond donors (Lipinski definition) is 2. The molecule has 2 N–H and O–H groups in total. The highest BCUT2D eigenvalue weighted by Crippen LogP contribution is 2.30. The van der Waals surface area contributed by atoms with E-state index in [1.54, 1.807) is 13.1 Å². The van der Waals surface area contributed by atoms with Crippen LogP contribution in [-0.2, 0) is 13.7 Å². The van der Waals surface area contributed by atoms with Gasteiger partial charge in [-0.25, -0.2) is 0 Å². The van der Waals surface area contributed by atoms with Crippen LogP contribution in [-0.4, -0.2) is 19.9 Å². The summed E-state index contributed by atoms with van der Waals surface area (Å²) in [7, 11) is 1.59. The van der Waals surface area contributed by atoms with Gasteiger partial charge >= 0.3 is 11.1 Å². The molecule has 0 aliphatic rings. The zero-order valence-corrected chi connectivity index (χ0v) is 12.3. The fraction of sp³-hybridized carbons (Fsp3) is 0.182. The molecule has 0 bridgehead atoms. The minimum Gasteiger partial charge on any atom is -0.392 e. The summed E-state index contributed by atoms with van der Waals surface area (Å²) in [6.45, 7) is -0.118. The Balaban J connectivity index is 2.47. The van der Waals surface area contributed by atoms with E-state index in [4.69, 9.17) is 0 Å². The highest BCUT2D eigenvalue weighted by atomic mass is 79.9. The van der Waals surface area contributed by atoms with E-state index in [1.165, 1.54) is 16.4 Å². The van der Waals surface area contributed by atoms with Crippen molar-refractivity contribution in [1.82, 2.24) is 14.8 Å². The maximum absolute atomic E-state index is 11.3. The van der Waals surface area contributed by atoms with Crippen LogP contribution >= 0.6 is 27.7 Å². The molecule has 8 heteroatoms. The average molecular weight is 344 g/mol. The van der Waals surface area contributed by atoms with Crippen molar-refractivity contribution in [2.24, 2.45) is 7.05 Å². The summed E-state index contributed by atoms with van der Waals surface area (Å²) in [6, 6.07) is 5.40. The first-order chi connectivity index (χ1) is 9.01. The number of aromatic nitrogens is 3. The summed E-state index contributed by atoms with van der Waals surface area (Å²) in [5, 5.41) is 12.0. The van der Waals surface area contributed by atoms with Crippen molar-refractivity contribution < 1.29 is 5.11 Å². The van der Waals surface area contributed by atoms with Crippen molar-refractivity contribution in [1.29, 1.82) is 0 Å². The highest BCUT2D eigenvalue weighted by molar-refractivity contribution is 9.10. The largest absolute Gasteiger partial charge is 0.392 e.